The normalized spacial score (nSPS) is 18.5. The summed E-state index contributed by atoms with van der Waals surface area (Å²) < 4.78 is 32.5. The van der Waals surface area contributed by atoms with Crippen molar-refractivity contribution in [2.24, 2.45) is 0 Å². The second kappa shape index (κ2) is 7.22. The van der Waals surface area contributed by atoms with Crippen molar-refractivity contribution >= 4 is 44.5 Å². The van der Waals surface area contributed by atoms with Gasteiger partial charge in [0.25, 0.3) is 5.92 Å². The zero-order valence-corrected chi connectivity index (χ0v) is 15.4. The molecule has 1 N–H and O–H groups in total. The van der Waals surface area contributed by atoms with Gasteiger partial charge in [-0.2, -0.15) is 0 Å². The number of carbonyl (C=O) groups excluding carboxylic acids is 2. The Morgan fingerprint density at radius 1 is 1.19 bits per heavy atom. The average Bonchev–Trinajstić information content (AvgIpc) is 2.95. The number of fused-ring (bicyclic) bond motifs is 1. The number of likely N-dealkylation sites (tertiary alicyclic amines) is 1. The number of carboxylic acid groups (broad SMARTS) is 1. The van der Waals surface area contributed by atoms with E-state index in [1.54, 1.807) is 18.2 Å². The molecule has 142 valence electrons. The Balaban J connectivity index is 1.67. The molecule has 1 amide bonds. The van der Waals surface area contributed by atoms with Gasteiger partial charge in [0, 0.05) is 16.5 Å². The van der Waals surface area contributed by atoms with Gasteiger partial charge in [0.05, 0.1) is 6.54 Å². The molecule has 0 saturated carbocycles. The summed E-state index contributed by atoms with van der Waals surface area (Å²) in [5.41, 5.74) is 0.296. The van der Waals surface area contributed by atoms with Crippen LogP contribution in [0.1, 0.15) is 16.8 Å². The summed E-state index contributed by atoms with van der Waals surface area (Å²) >= 11 is 3.35. The molecule has 2 aromatic rings. The van der Waals surface area contributed by atoms with Crippen molar-refractivity contribution in [1.82, 2.24) is 4.90 Å². The molecule has 1 saturated heterocycles. The summed E-state index contributed by atoms with van der Waals surface area (Å²) in [6.45, 7) is -1.73. The van der Waals surface area contributed by atoms with Gasteiger partial charge >= 0.3 is 12.1 Å². The maximum atomic E-state index is 13.4. The Labute approximate surface area is 160 Å². The molecule has 0 radical (unpaired) electrons. The van der Waals surface area contributed by atoms with Gasteiger partial charge in [-0.3, -0.25) is 9.69 Å². The summed E-state index contributed by atoms with van der Waals surface area (Å²) in [4.78, 5) is 35.6. The lowest BCUT2D eigenvalue weighted by molar-refractivity contribution is -0.147. The minimum Gasteiger partial charge on any atom is -0.465 e. The Morgan fingerprint density at radius 3 is 2.56 bits per heavy atom. The smallest absolute Gasteiger partial charge is 0.408 e. The zero-order valence-electron chi connectivity index (χ0n) is 13.8. The van der Waals surface area contributed by atoms with Crippen LogP contribution in [-0.2, 0) is 9.53 Å². The van der Waals surface area contributed by atoms with E-state index in [1.165, 1.54) is 0 Å². The molecular formula is C18H14BrF2NO5. The molecule has 2 aromatic carbocycles. The Bertz CT molecular complexity index is 933. The van der Waals surface area contributed by atoms with Gasteiger partial charge in [-0.05, 0) is 29.0 Å². The standard InChI is InChI=1S/C18H14BrF2NO5/c19-13-4-3-10-5-12(2-1-11(10)6-13)15(23)8-27-16(24)14-7-18(20,21)9-22(14)17(25)26/h1-6,14H,7-9H2,(H,25,26). The first-order valence-electron chi connectivity index (χ1n) is 7.93. The van der Waals surface area contributed by atoms with Gasteiger partial charge < -0.3 is 9.84 Å². The van der Waals surface area contributed by atoms with Crippen molar-refractivity contribution in [2.45, 2.75) is 18.4 Å². The predicted molar refractivity (Wildman–Crippen MR) is 95.0 cm³/mol. The number of Topliss-reactive ketones (excluding diaryl/α,β-unsaturated/α-hetero) is 1. The Hall–Kier alpha value is -2.55. The maximum absolute atomic E-state index is 13.4. The van der Waals surface area contributed by atoms with Crippen LogP contribution in [0.4, 0.5) is 13.6 Å². The minimum absolute atomic E-state index is 0.296. The third kappa shape index (κ3) is 4.24. The van der Waals surface area contributed by atoms with Crippen molar-refractivity contribution in [1.29, 1.82) is 0 Å². The Morgan fingerprint density at radius 2 is 1.85 bits per heavy atom. The van der Waals surface area contributed by atoms with Crippen LogP contribution in [0.3, 0.4) is 0 Å². The zero-order chi connectivity index (χ0) is 19.8. The number of nitrogens with zero attached hydrogens (tertiary/aromatic N) is 1. The number of carbonyl (C=O) groups is 3. The largest absolute Gasteiger partial charge is 0.465 e. The summed E-state index contributed by atoms with van der Waals surface area (Å²) in [6.07, 6.45) is -2.60. The molecule has 6 nitrogen and oxygen atoms in total. The van der Waals surface area contributed by atoms with Crippen LogP contribution in [-0.4, -0.2) is 53.0 Å². The molecule has 0 aliphatic carbocycles. The first kappa shape index (κ1) is 19.2. The number of alkyl halides is 2. The van der Waals surface area contributed by atoms with Gasteiger partial charge in [0.2, 0.25) is 0 Å². The fraction of sp³-hybridized carbons (Fsp3) is 0.278. The van der Waals surface area contributed by atoms with E-state index < -0.39 is 49.4 Å². The number of ketones is 1. The topological polar surface area (TPSA) is 83.9 Å². The number of esters is 1. The number of hydrogen-bond donors (Lipinski definition) is 1. The number of halogens is 3. The van der Waals surface area contributed by atoms with E-state index in [4.69, 9.17) is 9.84 Å². The molecule has 0 spiro atoms. The second-order valence-electron chi connectivity index (χ2n) is 6.22. The first-order chi connectivity index (χ1) is 12.7. The SMILES string of the molecule is O=C(COC(=O)C1CC(F)(F)CN1C(=O)O)c1ccc2cc(Br)ccc2c1. The molecule has 1 unspecified atom stereocenters. The second-order valence-corrected chi connectivity index (χ2v) is 7.14. The molecule has 0 bridgehead atoms. The number of benzene rings is 2. The summed E-state index contributed by atoms with van der Waals surface area (Å²) in [7, 11) is 0. The quantitative estimate of drug-likeness (QED) is 0.577. The van der Waals surface area contributed by atoms with E-state index in [-0.39, 0.29) is 0 Å². The van der Waals surface area contributed by atoms with E-state index >= 15 is 0 Å². The fourth-order valence-electron chi connectivity index (χ4n) is 2.93. The molecule has 1 heterocycles. The highest BCUT2D eigenvalue weighted by Crippen LogP contribution is 2.32. The van der Waals surface area contributed by atoms with Crippen LogP contribution in [0.2, 0.25) is 0 Å². The number of ether oxygens (including phenoxy) is 1. The highest BCUT2D eigenvalue weighted by Gasteiger charge is 2.51. The van der Waals surface area contributed by atoms with Crippen LogP contribution in [0, 0.1) is 0 Å². The summed E-state index contributed by atoms with van der Waals surface area (Å²) in [5, 5.41) is 10.7. The van der Waals surface area contributed by atoms with Gasteiger partial charge in [-0.15, -0.1) is 0 Å². The molecule has 1 atom stereocenters. The highest BCUT2D eigenvalue weighted by molar-refractivity contribution is 9.10. The highest BCUT2D eigenvalue weighted by atomic mass is 79.9. The van der Waals surface area contributed by atoms with E-state index in [2.05, 4.69) is 15.9 Å². The molecule has 1 fully saturated rings. The van der Waals surface area contributed by atoms with Crippen molar-refractivity contribution < 1.29 is 33.0 Å². The van der Waals surface area contributed by atoms with Crippen molar-refractivity contribution in [3.8, 4) is 0 Å². The van der Waals surface area contributed by atoms with Crippen molar-refractivity contribution in [2.75, 3.05) is 13.2 Å². The molecule has 9 heteroatoms. The van der Waals surface area contributed by atoms with Crippen LogP contribution in [0.5, 0.6) is 0 Å². The van der Waals surface area contributed by atoms with Crippen LogP contribution < -0.4 is 0 Å². The minimum atomic E-state index is -3.31. The lowest BCUT2D eigenvalue weighted by Crippen LogP contribution is -2.41. The maximum Gasteiger partial charge on any atom is 0.408 e. The van der Waals surface area contributed by atoms with E-state index in [9.17, 15) is 23.2 Å². The third-order valence-electron chi connectivity index (χ3n) is 4.26. The Kier molecular flexibility index (Phi) is 5.14. The van der Waals surface area contributed by atoms with Gasteiger partial charge in [-0.1, -0.05) is 34.1 Å². The molecule has 0 aromatic heterocycles. The van der Waals surface area contributed by atoms with Crippen LogP contribution in [0.15, 0.2) is 40.9 Å². The first-order valence-corrected chi connectivity index (χ1v) is 8.72. The van der Waals surface area contributed by atoms with Gasteiger partial charge in [-0.25, -0.2) is 18.4 Å². The molecular weight excluding hydrogens is 428 g/mol. The van der Waals surface area contributed by atoms with Crippen LogP contribution in [0.25, 0.3) is 10.8 Å². The number of rotatable bonds is 4. The van der Waals surface area contributed by atoms with Gasteiger partial charge in [0.15, 0.2) is 12.4 Å². The molecule has 1 aliphatic rings. The summed E-state index contributed by atoms with van der Waals surface area (Å²) in [5.74, 6) is -4.98. The van der Waals surface area contributed by atoms with Crippen molar-refractivity contribution in [3.05, 3.63) is 46.4 Å². The predicted octanol–water partition coefficient (Wildman–Crippen LogP) is 3.72. The summed E-state index contributed by atoms with van der Waals surface area (Å²) in [6, 6.07) is 8.82. The third-order valence-corrected chi connectivity index (χ3v) is 4.75. The van der Waals surface area contributed by atoms with Crippen LogP contribution >= 0.6 is 15.9 Å². The van der Waals surface area contributed by atoms with Crippen molar-refractivity contribution in [3.63, 3.8) is 0 Å². The fourth-order valence-corrected chi connectivity index (χ4v) is 3.31. The molecule has 3 rings (SSSR count). The van der Waals surface area contributed by atoms with E-state index in [0.717, 1.165) is 15.2 Å². The lowest BCUT2D eigenvalue weighted by atomic mass is 10.0. The number of hydrogen-bond acceptors (Lipinski definition) is 4. The monoisotopic (exact) mass is 441 g/mol. The molecule has 1 aliphatic heterocycles. The van der Waals surface area contributed by atoms with E-state index in [1.807, 2.05) is 18.2 Å². The van der Waals surface area contributed by atoms with E-state index in [0.29, 0.717) is 10.5 Å². The number of amides is 1. The molecule has 27 heavy (non-hydrogen) atoms. The lowest BCUT2D eigenvalue weighted by Gasteiger charge is -2.18. The van der Waals surface area contributed by atoms with Gasteiger partial charge in [0.1, 0.15) is 6.04 Å². The average molecular weight is 442 g/mol.